The van der Waals surface area contributed by atoms with Crippen molar-refractivity contribution >= 4 is 11.8 Å². The minimum absolute atomic E-state index is 0.314. The third kappa shape index (κ3) is 3.93. The lowest BCUT2D eigenvalue weighted by atomic mass is 9.87. The van der Waals surface area contributed by atoms with Crippen molar-refractivity contribution in [2.75, 3.05) is 14.2 Å². The van der Waals surface area contributed by atoms with E-state index in [2.05, 4.69) is 22.4 Å². The molecule has 0 aromatic carbocycles. The van der Waals surface area contributed by atoms with Crippen molar-refractivity contribution in [3.63, 3.8) is 0 Å². The molecule has 114 valence electrons. The molecule has 0 radical (unpaired) electrons. The first-order valence-electron chi connectivity index (χ1n) is 7.26. The molecule has 2 atom stereocenters. The van der Waals surface area contributed by atoms with Crippen molar-refractivity contribution in [2.45, 2.75) is 62.3 Å². The van der Waals surface area contributed by atoms with Crippen molar-refractivity contribution in [3.05, 3.63) is 0 Å². The number of hydrogen-bond acceptors (Lipinski definition) is 6. The lowest BCUT2D eigenvalue weighted by Crippen LogP contribution is -2.24. The van der Waals surface area contributed by atoms with Crippen LogP contribution in [0.15, 0.2) is 5.16 Å². The molecule has 0 spiro atoms. The van der Waals surface area contributed by atoms with Crippen molar-refractivity contribution in [3.8, 4) is 0 Å². The molecule has 0 N–H and O–H groups in total. The molecule has 0 bridgehead atoms. The van der Waals surface area contributed by atoms with E-state index in [-0.39, 0.29) is 6.29 Å². The molecule has 0 saturated heterocycles. The van der Waals surface area contributed by atoms with Crippen LogP contribution in [0.3, 0.4) is 0 Å². The number of methoxy groups -OCH3 is 2. The standard InChI is InChI=1S/C13H24N4O2S/c1-4-10-7-5-6-8-11(10)20-13-14-15-16-17(13)9-12(18-2)19-3/h10-12H,4-9H2,1-3H3. The number of ether oxygens (including phenoxy) is 2. The Balaban J connectivity index is 2.00. The van der Waals surface area contributed by atoms with E-state index in [4.69, 9.17) is 9.47 Å². The van der Waals surface area contributed by atoms with Crippen molar-refractivity contribution in [1.82, 2.24) is 20.2 Å². The summed E-state index contributed by atoms with van der Waals surface area (Å²) in [6.07, 6.45) is 6.18. The molecule has 1 aromatic rings. The lowest BCUT2D eigenvalue weighted by Gasteiger charge is -2.29. The molecule has 1 aromatic heterocycles. The summed E-state index contributed by atoms with van der Waals surface area (Å²) in [5, 5.41) is 13.5. The van der Waals surface area contributed by atoms with Crippen LogP contribution < -0.4 is 0 Å². The molecule has 7 heteroatoms. The molecule has 1 aliphatic rings. The molecule has 1 heterocycles. The van der Waals surface area contributed by atoms with E-state index in [9.17, 15) is 0 Å². The first kappa shape index (κ1) is 15.7. The Hall–Kier alpha value is -0.660. The second-order valence-electron chi connectivity index (χ2n) is 5.15. The van der Waals surface area contributed by atoms with E-state index in [1.54, 1.807) is 18.9 Å². The molecule has 2 unspecified atom stereocenters. The van der Waals surface area contributed by atoms with Crippen LogP contribution in [-0.2, 0) is 16.0 Å². The fraction of sp³-hybridized carbons (Fsp3) is 0.923. The molecule has 1 fully saturated rings. The fourth-order valence-corrected chi connectivity index (χ4v) is 4.11. The largest absolute Gasteiger partial charge is 0.354 e. The average Bonchev–Trinajstić information content (AvgIpc) is 2.92. The molecular formula is C13H24N4O2S. The number of rotatable bonds is 7. The topological polar surface area (TPSA) is 62.1 Å². The summed E-state index contributed by atoms with van der Waals surface area (Å²) in [6.45, 7) is 2.80. The number of nitrogens with zero attached hydrogens (tertiary/aromatic N) is 4. The highest BCUT2D eigenvalue weighted by Gasteiger charge is 2.27. The van der Waals surface area contributed by atoms with Gasteiger partial charge in [-0.05, 0) is 29.2 Å². The highest BCUT2D eigenvalue weighted by Crippen LogP contribution is 2.38. The second-order valence-corrected chi connectivity index (χ2v) is 6.36. The molecule has 1 saturated carbocycles. The number of hydrogen-bond donors (Lipinski definition) is 0. The van der Waals surface area contributed by atoms with Gasteiger partial charge in [-0.3, -0.25) is 0 Å². The zero-order valence-corrected chi connectivity index (χ0v) is 13.3. The van der Waals surface area contributed by atoms with Gasteiger partial charge in [0, 0.05) is 19.5 Å². The van der Waals surface area contributed by atoms with Crippen LogP contribution in [0.25, 0.3) is 0 Å². The van der Waals surface area contributed by atoms with Crippen LogP contribution in [0.2, 0.25) is 0 Å². The summed E-state index contributed by atoms with van der Waals surface area (Å²) in [4.78, 5) is 0. The van der Waals surface area contributed by atoms with Gasteiger partial charge in [0.15, 0.2) is 6.29 Å². The van der Waals surface area contributed by atoms with E-state index in [1.165, 1.54) is 32.1 Å². The van der Waals surface area contributed by atoms with Gasteiger partial charge >= 0.3 is 0 Å². The zero-order valence-electron chi connectivity index (χ0n) is 12.5. The van der Waals surface area contributed by atoms with Gasteiger partial charge in [-0.25, -0.2) is 4.68 Å². The number of aromatic nitrogens is 4. The van der Waals surface area contributed by atoms with Gasteiger partial charge in [0.1, 0.15) is 0 Å². The van der Waals surface area contributed by atoms with Crippen LogP contribution in [0.4, 0.5) is 0 Å². The Morgan fingerprint density at radius 3 is 2.75 bits per heavy atom. The Labute approximate surface area is 124 Å². The first-order chi connectivity index (χ1) is 9.78. The average molecular weight is 300 g/mol. The van der Waals surface area contributed by atoms with Crippen molar-refractivity contribution in [1.29, 1.82) is 0 Å². The normalized spacial score (nSPS) is 23.4. The molecule has 1 aliphatic carbocycles. The summed E-state index contributed by atoms with van der Waals surface area (Å²) in [5.41, 5.74) is 0. The summed E-state index contributed by atoms with van der Waals surface area (Å²) in [6, 6.07) is 0. The maximum atomic E-state index is 5.21. The Morgan fingerprint density at radius 2 is 2.05 bits per heavy atom. The zero-order chi connectivity index (χ0) is 14.4. The predicted octanol–water partition coefficient (Wildman–Crippen LogP) is 2.35. The first-order valence-corrected chi connectivity index (χ1v) is 8.14. The van der Waals surface area contributed by atoms with E-state index in [0.29, 0.717) is 11.8 Å². The Bertz CT molecular complexity index is 397. The third-order valence-corrected chi connectivity index (χ3v) is 5.39. The van der Waals surface area contributed by atoms with E-state index in [1.807, 2.05) is 11.8 Å². The van der Waals surface area contributed by atoms with Crippen LogP contribution in [0, 0.1) is 5.92 Å². The van der Waals surface area contributed by atoms with Gasteiger partial charge in [0.25, 0.3) is 0 Å². The van der Waals surface area contributed by atoms with E-state index < -0.39 is 0 Å². The summed E-state index contributed by atoms with van der Waals surface area (Å²) in [5.74, 6) is 0.777. The van der Waals surface area contributed by atoms with Crippen LogP contribution >= 0.6 is 11.8 Å². The van der Waals surface area contributed by atoms with Gasteiger partial charge in [0.2, 0.25) is 5.16 Å². The van der Waals surface area contributed by atoms with Gasteiger partial charge in [-0.15, -0.1) is 5.10 Å². The molecule has 0 amide bonds. The fourth-order valence-electron chi connectivity index (χ4n) is 2.71. The van der Waals surface area contributed by atoms with Gasteiger partial charge in [0.05, 0.1) is 6.54 Å². The van der Waals surface area contributed by atoms with Crippen LogP contribution in [0.5, 0.6) is 0 Å². The molecular weight excluding hydrogens is 276 g/mol. The highest BCUT2D eigenvalue weighted by atomic mass is 32.2. The Morgan fingerprint density at radius 1 is 1.30 bits per heavy atom. The minimum Gasteiger partial charge on any atom is -0.354 e. The lowest BCUT2D eigenvalue weighted by molar-refractivity contribution is -0.113. The van der Waals surface area contributed by atoms with Gasteiger partial charge in [-0.2, -0.15) is 0 Å². The van der Waals surface area contributed by atoms with Gasteiger partial charge in [-0.1, -0.05) is 37.9 Å². The number of tetrazole rings is 1. The summed E-state index contributed by atoms with van der Waals surface area (Å²) in [7, 11) is 3.25. The van der Waals surface area contributed by atoms with Crippen molar-refractivity contribution in [2.24, 2.45) is 5.92 Å². The summed E-state index contributed by atoms with van der Waals surface area (Å²) < 4.78 is 12.2. The predicted molar refractivity (Wildman–Crippen MR) is 77.5 cm³/mol. The third-order valence-electron chi connectivity index (χ3n) is 3.97. The Kier molecular flexibility index (Phi) is 6.25. The van der Waals surface area contributed by atoms with Crippen LogP contribution in [-0.4, -0.2) is 46.0 Å². The quantitative estimate of drug-likeness (QED) is 0.720. The summed E-state index contributed by atoms with van der Waals surface area (Å²) >= 11 is 1.81. The SMILES string of the molecule is CCC1CCCCC1Sc1nnnn1CC(OC)OC. The molecule has 2 rings (SSSR count). The maximum absolute atomic E-state index is 5.21. The van der Waals surface area contributed by atoms with Crippen LogP contribution in [0.1, 0.15) is 39.0 Å². The molecule has 20 heavy (non-hydrogen) atoms. The molecule has 6 nitrogen and oxygen atoms in total. The van der Waals surface area contributed by atoms with Gasteiger partial charge < -0.3 is 9.47 Å². The van der Waals surface area contributed by atoms with E-state index in [0.717, 1.165) is 11.1 Å². The maximum Gasteiger partial charge on any atom is 0.209 e. The van der Waals surface area contributed by atoms with Crippen molar-refractivity contribution < 1.29 is 9.47 Å². The monoisotopic (exact) mass is 300 g/mol. The minimum atomic E-state index is -0.314. The second kappa shape index (κ2) is 7.95. The highest BCUT2D eigenvalue weighted by molar-refractivity contribution is 7.99. The number of thioether (sulfide) groups is 1. The van der Waals surface area contributed by atoms with E-state index >= 15 is 0 Å². The molecule has 0 aliphatic heterocycles. The smallest absolute Gasteiger partial charge is 0.209 e.